The molecule has 2 unspecified atom stereocenters. The zero-order valence-corrected chi connectivity index (χ0v) is 15.3. The molecule has 2 rings (SSSR count). The van der Waals surface area contributed by atoms with E-state index in [0.717, 1.165) is 5.56 Å². The number of benzene rings is 2. The number of nitrogens with one attached hydrogen (secondary N) is 1. The summed E-state index contributed by atoms with van der Waals surface area (Å²) in [5, 5.41) is 12.1. The molecule has 0 heterocycles. The number of hydrogen-bond donors (Lipinski definition) is 1. The Morgan fingerprint density at radius 1 is 1.20 bits per heavy atom. The van der Waals surface area contributed by atoms with Crippen LogP contribution in [-0.2, 0) is 10.7 Å². The van der Waals surface area contributed by atoms with Gasteiger partial charge in [-0.05, 0) is 24.6 Å². The summed E-state index contributed by atoms with van der Waals surface area (Å²) in [7, 11) is 0. The second-order valence-corrected chi connectivity index (χ2v) is 6.40. The predicted molar refractivity (Wildman–Crippen MR) is 96.2 cm³/mol. The third kappa shape index (κ3) is 5.08. The molecule has 25 heavy (non-hydrogen) atoms. The first-order chi connectivity index (χ1) is 12.0. The van der Waals surface area contributed by atoms with Crippen molar-refractivity contribution >= 4 is 15.9 Å². The van der Waals surface area contributed by atoms with Crippen LogP contribution in [0.25, 0.3) is 0 Å². The summed E-state index contributed by atoms with van der Waals surface area (Å²) in [5.74, 6) is -3.35. The van der Waals surface area contributed by atoms with Crippen LogP contribution in [0.5, 0.6) is 0 Å². The third-order valence-corrected chi connectivity index (χ3v) is 4.25. The SMILES string of the molecule is CCOCC(NC(C#N)C(F)(F)c1cccc(Br)c1)c1ccccc1. The van der Waals surface area contributed by atoms with Gasteiger partial charge in [0, 0.05) is 16.6 Å². The highest BCUT2D eigenvalue weighted by Crippen LogP contribution is 2.34. The topological polar surface area (TPSA) is 45.0 Å². The van der Waals surface area contributed by atoms with E-state index in [1.54, 1.807) is 12.1 Å². The maximum atomic E-state index is 14.9. The second kappa shape index (κ2) is 9.04. The van der Waals surface area contributed by atoms with Gasteiger partial charge in [-0.25, -0.2) is 0 Å². The molecule has 132 valence electrons. The average molecular weight is 409 g/mol. The fraction of sp³-hybridized carbons (Fsp3) is 0.316. The molecule has 3 nitrogen and oxygen atoms in total. The molecule has 2 aromatic rings. The largest absolute Gasteiger partial charge is 0.380 e. The minimum Gasteiger partial charge on any atom is -0.380 e. The Bertz CT molecular complexity index is 719. The van der Waals surface area contributed by atoms with Gasteiger partial charge < -0.3 is 4.74 Å². The maximum Gasteiger partial charge on any atom is 0.301 e. The van der Waals surface area contributed by atoms with Crippen LogP contribution in [0.1, 0.15) is 24.1 Å². The Kier molecular flexibility index (Phi) is 7.06. The van der Waals surface area contributed by atoms with Crippen LogP contribution in [0.2, 0.25) is 0 Å². The van der Waals surface area contributed by atoms with E-state index < -0.39 is 18.0 Å². The van der Waals surface area contributed by atoms with Gasteiger partial charge in [0.25, 0.3) is 0 Å². The number of halogens is 3. The van der Waals surface area contributed by atoms with Gasteiger partial charge in [-0.3, -0.25) is 5.32 Å². The van der Waals surface area contributed by atoms with Gasteiger partial charge in [0.1, 0.15) is 0 Å². The van der Waals surface area contributed by atoms with Crippen molar-refractivity contribution in [3.05, 3.63) is 70.2 Å². The molecule has 0 bridgehead atoms. The lowest BCUT2D eigenvalue weighted by Crippen LogP contribution is -2.45. The fourth-order valence-corrected chi connectivity index (χ4v) is 2.85. The lowest BCUT2D eigenvalue weighted by Gasteiger charge is -2.28. The summed E-state index contributed by atoms with van der Waals surface area (Å²) in [6.45, 7) is 2.50. The summed E-state index contributed by atoms with van der Waals surface area (Å²) in [6.07, 6.45) is 0. The quantitative estimate of drug-likeness (QED) is 0.681. The molecule has 0 aliphatic rings. The second-order valence-electron chi connectivity index (χ2n) is 5.48. The van der Waals surface area contributed by atoms with Crippen molar-refractivity contribution in [3.63, 3.8) is 0 Å². The number of hydrogen-bond acceptors (Lipinski definition) is 3. The Morgan fingerprint density at radius 3 is 2.52 bits per heavy atom. The van der Waals surface area contributed by atoms with Crippen molar-refractivity contribution in [3.8, 4) is 6.07 Å². The molecule has 6 heteroatoms. The standard InChI is InChI=1S/C19H19BrF2N2O/c1-2-25-13-17(14-7-4-3-5-8-14)24-18(12-23)19(21,22)15-9-6-10-16(20)11-15/h3-11,17-18,24H,2,13H2,1H3. The number of rotatable bonds is 8. The van der Waals surface area contributed by atoms with Gasteiger partial charge in [0.15, 0.2) is 6.04 Å². The van der Waals surface area contributed by atoms with Gasteiger partial charge in [0.05, 0.1) is 18.7 Å². The first kappa shape index (κ1) is 19.5. The monoisotopic (exact) mass is 408 g/mol. The zero-order chi connectivity index (χ0) is 18.3. The van der Waals surface area contributed by atoms with E-state index in [9.17, 15) is 14.0 Å². The summed E-state index contributed by atoms with van der Waals surface area (Å²) >= 11 is 3.19. The smallest absolute Gasteiger partial charge is 0.301 e. The van der Waals surface area contributed by atoms with E-state index in [0.29, 0.717) is 11.1 Å². The highest BCUT2D eigenvalue weighted by Gasteiger charge is 2.43. The van der Waals surface area contributed by atoms with Crippen LogP contribution >= 0.6 is 15.9 Å². The number of nitriles is 1. The lowest BCUT2D eigenvalue weighted by molar-refractivity contribution is -0.0326. The van der Waals surface area contributed by atoms with E-state index >= 15 is 0 Å². The highest BCUT2D eigenvalue weighted by molar-refractivity contribution is 9.10. The molecule has 0 aromatic heterocycles. The van der Waals surface area contributed by atoms with Crippen molar-refractivity contribution < 1.29 is 13.5 Å². The fourth-order valence-electron chi connectivity index (χ4n) is 2.45. The minimum absolute atomic E-state index is 0.202. The van der Waals surface area contributed by atoms with Crippen molar-refractivity contribution in [1.29, 1.82) is 5.26 Å². The van der Waals surface area contributed by atoms with E-state index in [1.165, 1.54) is 18.2 Å². The first-order valence-corrected chi connectivity index (χ1v) is 8.70. The Morgan fingerprint density at radius 2 is 1.92 bits per heavy atom. The Balaban J connectivity index is 2.27. The highest BCUT2D eigenvalue weighted by atomic mass is 79.9. The van der Waals surface area contributed by atoms with Gasteiger partial charge in [-0.2, -0.15) is 14.0 Å². The zero-order valence-electron chi connectivity index (χ0n) is 13.8. The third-order valence-electron chi connectivity index (χ3n) is 3.76. The van der Waals surface area contributed by atoms with Crippen LogP contribution in [0.3, 0.4) is 0 Å². The predicted octanol–water partition coefficient (Wildman–Crippen LogP) is 4.80. The molecule has 0 fully saturated rings. The molecular weight excluding hydrogens is 390 g/mol. The van der Waals surface area contributed by atoms with Gasteiger partial charge in [-0.1, -0.05) is 58.4 Å². The summed E-state index contributed by atoms with van der Waals surface area (Å²) < 4.78 is 35.7. The van der Waals surface area contributed by atoms with E-state index in [1.807, 2.05) is 37.3 Å². The average Bonchev–Trinajstić information content (AvgIpc) is 2.62. The lowest BCUT2D eigenvalue weighted by atomic mass is 9.99. The molecule has 0 saturated carbocycles. The van der Waals surface area contributed by atoms with Crippen molar-refractivity contribution in [2.45, 2.75) is 24.9 Å². The van der Waals surface area contributed by atoms with Gasteiger partial charge in [-0.15, -0.1) is 0 Å². The van der Waals surface area contributed by atoms with Gasteiger partial charge in [0.2, 0.25) is 0 Å². The molecule has 0 saturated heterocycles. The number of alkyl halides is 2. The molecule has 2 aromatic carbocycles. The number of ether oxygens (including phenoxy) is 1. The molecule has 0 amide bonds. The summed E-state index contributed by atoms with van der Waals surface area (Å²) in [6, 6.07) is 14.5. The Hall–Kier alpha value is -1.81. The van der Waals surface area contributed by atoms with Crippen LogP contribution in [0.4, 0.5) is 8.78 Å². The first-order valence-electron chi connectivity index (χ1n) is 7.91. The van der Waals surface area contributed by atoms with Crippen LogP contribution in [-0.4, -0.2) is 19.3 Å². The van der Waals surface area contributed by atoms with Crippen LogP contribution < -0.4 is 5.32 Å². The maximum absolute atomic E-state index is 14.9. The van der Waals surface area contributed by atoms with Crippen molar-refractivity contribution in [1.82, 2.24) is 5.32 Å². The van der Waals surface area contributed by atoms with Crippen LogP contribution in [0, 0.1) is 11.3 Å². The summed E-state index contributed by atoms with van der Waals surface area (Å²) in [4.78, 5) is 0. The van der Waals surface area contributed by atoms with Gasteiger partial charge >= 0.3 is 5.92 Å². The van der Waals surface area contributed by atoms with E-state index in [4.69, 9.17) is 4.74 Å². The number of nitrogens with zero attached hydrogens (tertiary/aromatic N) is 1. The van der Waals surface area contributed by atoms with Crippen molar-refractivity contribution in [2.75, 3.05) is 13.2 Å². The Labute approximate surface area is 154 Å². The molecule has 2 atom stereocenters. The van der Waals surface area contributed by atoms with E-state index in [-0.39, 0.29) is 12.2 Å². The van der Waals surface area contributed by atoms with Crippen molar-refractivity contribution in [2.24, 2.45) is 0 Å². The normalized spacial score (nSPS) is 13.9. The summed E-state index contributed by atoms with van der Waals surface area (Å²) in [5.41, 5.74) is 0.574. The molecule has 0 radical (unpaired) electrons. The minimum atomic E-state index is -3.35. The molecule has 1 N–H and O–H groups in total. The molecule has 0 aliphatic heterocycles. The molecule has 0 aliphatic carbocycles. The molecular formula is C19H19BrF2N2O. The molecule has 0 spiro atoms. The van der Waals surface area contributed by atoms with Crippen LogP contribution in [0.15, 0.2) is 59.1 Å². The van der Waals surface area contributed by atoms with E-state index in [2.05, 4.69) is 21.2 Å².